The lowest BCUT2D eigenvalue weighted by Crippen LogP contribution is -2.31. The lowest BCUT2D eigenvalue weighted by atomic mass is 9.98. The first-order valence-corrected chi connectivity index (χ1v) is 15.0. The number of nitrogens with one attached hydrogen (secondary N) is 2. The Morgan fingerprint density at radius 1 is 1.00 bits per heavy atom. The second-order valence-corrected chi connectivity index (χ2v) is 11.3. The highest BCUT2D eigenvalue weighted by Crippen LogP contribution is 2.35. The molecule has 1 atom stereocenters. The Labute approximate surface area is 272 Å². The van der Waals surface area contributed by atoms with Crippen LogP contribution in [0.3, 0.4) is 0 Å². The summed E-state index contributed by atoms with van der Waals surface area (Å²) in [6.45, 7) is 1.57. The van der Waals surface area contributed by atoms with Gasteiger partial charge in [-0.05, 0) is 66.3 Å². The summed E-state index contributed by atoms with van der Waals surface area (Å²) in [6.07, 6.45) is 2.28. The summed E-state index contributed by atoms with van der Waals surface area (Å²) in [5, 5.41) is 19.4. The molecular formula is C35H29F2N5O6. The number of halogens is 2. The van der Waals surface area contributed by atoms with Gasteiger partial charge in [-0.3, -0.25) is 14.4 Å². The van der Waals surface area contributed by atoms with Crippen LogP contribution >= 0.6 is 0 Å². The smallest absolute Gasteiger partial charge is 0.335 e. The van der Waals surface area contributed by atoms with Gasteiger partial charge in [0.2, 0.25) is 0 Å². The molecule has 2 heterocycles. The molecule has 48 heavy (non-hydrogen) atoms. The molecule has 0 spiro atoms. The number of nitrogens with zero attached hydrogens (tertiary/aromatic N) is 3. The number of methoxy groups -OCH3 is 1. The molecule has 3 aromatic carbocycles. The monoisotopic (exact) mass is 653 g/mol. The van der Waals surface area contributed by atoms with Crippen LogP contribution in [0.5, 0.6) is 5.75 Å². The summed E-state index contributed by atoms with van der Waals surface area (Å²) in [5.74, 6) is -4.35. The molecule has 5 aromatic rings. The molecule has 11 nitrogen and oxygen atoms in total. The summed E-state index contributed by atoms with van der Waals surface area (Å²) in [4.78, 5) is 56.8. The molecular weight excluding hydrogens is 624 g/mol. The standard InChI is InChI=1S/C35H29F2N5O6/c1-18-21-10-12-27(23(21)9-8-22(18)35(46)47)41-34(45)29-15-28(33(44)38-16-19-7-11-25(36)26(37)13-19)40-32-24(17-39-42(29)32)30(43)14-20-5-3-4-6-31(20)48-2/h3-9,11,13,15,17,27H,10,12,14,16H2,1-2H3,(H,38,44)(H,41,45)(H,46,47)/t27-/m0/s1. The van der Waals surface area contributed by atoms with Crippen LogP contribution in [-0.2, 0) is 19.4 Å². The Morgan fingerprint density at radius 3 is 2.54 bits per heavy atom. The number of ether oxygens (including phenoxy) is 1. The average Bonchev–Trinajstić information content (AvgIpc) is 3.69. The van der Waals surface area contributed by atoms with Crippen LogP contribution in [0.25, 0.3) is 5.65 Å². The minimum Gasteiger partial charge on any atom is -0.496 e. The number of hydrogen-bond donors (Lipinski definition) is 3. The van der Waals surface area contributed by atoms with Crippen molar-refractivity contribution in [2.75, 3.05) is 7.11 Å². The Hall–Kier alpha value is -5.98. The number of carboxylic acid groups (broad SMARTS) is 1. The van der Waals surface area contributed by atoms with Crippen molar-refractivity contribution in [2.24, 2.45) is 0 Å². The maximum absolute atomic E-state index is 13.9. The number of Topliss-reactive ketones (excluding diaryl/α,β-unsaturated/α-hetero) is 1. The number of para-hydroxylation sites is 1. The van der Waals surface area contributed by atoms with Crippen molar-refractivity contribution in [3.05, 3.63) is 129 Å². The molecule has 0 fully saturated rings. The highest BCUT2D eigenvalue weighted by molar-refractivity contribution is 6.05. The second-order valence-electron chi connectivity index (χ2n) is 11.3. The van der Waals surface area contributed by atoms with E-state index in [2.05, 4.69) is 20.7 Å². The highest BCUT2D eigenvalue weighted by Gasteiger charge is 2.30. The molecule has 0 saturated carbocycles. The van der Waals surface area contributed by atoms with Crippen LogP contribution in [0.4, 0.5) is 8.78 Å². The van der Waals surface area contributed by atoms with Crippen molar-refractivity contribution in [1.82, 2.24) is 25.2 Å². The van der Waals surface area contributed by atoms with Gasteiger partial charge in [0, 0.05) is 24.6 Å². The fourth-order valence-electron chi connectivity index (χ4n) is 5.97. The van der Waals surface area contributed by atoms with Crippen molar-refractivity contribution >= 4 is 29.2 Å². The molecule has 13 heteroatoms. The molecule has 6 rings (SSSR count). The molecule has 0 saturated heterocycles. The number of carbonyl (C=O) groups excluding carboxylic acids is 3. The zero-order chi connectivity index (χ0) is 34.1. The number of amides is 2. The zero-order valence-corrected chi connectivity index (χ0v) is 25.8. The molecule has 244 valence electrons. The molecule has 3 N–H and O–H groups in total. The van der Waals surface area contributed by atoms with Gasteiger partial charge in [-0.1, -0.05) is 30.3 Å². The summed E-state index contributed by atoms with van der Waals surface area (Å²) in [7, 11) is 1.49. The Bertz CT molecular complexity index is 2130. The lowest BCUT2D eigenvalue weighted by Gasteiger charge is -2.16. The van der Waals surface area contributed by atoms with Crippen LogP contribution < -0.4 is 15.4 Å². The van der Waals surface area contributed by atoms with Crippen molar-refractivity contribution in [2.45, 2.75) is 38.8 Å². The topological polar surface area (TPSA) is 152 Å². The van der Waals surface area contributed by atoms with Gasteiger partial charge in [0.15, 0.2) is 23.1 Å². The van der Waals surface area contributed by atoms with Crippen molar-refractivity contribution < 1.29 is 37.8 Å². The van der Waals surface area contributed by atoms with Gasteiger partial charge in [-0.15, -0.1) is 0 Å². The predicted octanol–water partition coefficient (Wildman–Crippen LogP) is 4.80. The van der Waals surface area contributed by atoms with Gasteiger partial charge < -0.3 is 20.5 Å². The summed E-state index contributed by atoms with van der Waals surface area (Å²) in [6, 6.07) is 14.2. The zero-order valence-electron chi connectivity index (χ0n) is 25.8. The Kier molecular flexibility index (Phi) is 8.68. The summed E-state index contributed by atoms with van der Waals surface area (Å²) in [5.41, 5.74) is 3.10. The number of carboxylic acids is 1. The van der Waals surface area contributed by atoms with Crippen LogP contribution in [0.2, 0.25) is 0 Å². The average molecular weight is 654 g/mol. The molecule has 0 unspecified atom stereocenters. The van der Waals surface area contributed by atoms with E-state index in [0.29, 0.717) is 35.3 Å². The normalized spacial score (nSPS) is 13.6. The van der Waals surface area contributed by atoms with Crippen LogP contribution in [0.1, 0.15) is 82.0 Å². The number of carbonyl (C=O) groups is 4. The molecule has 2 aromatic heterocycles. The van der Waals surface area contributed by atoms with Gasteiger partial charge >= 0.3 is 5.97 Å². The third-order valence-electron chi connectivity index (χ3n) is 8.45. The van der Waals surface area contributed by atoms with Gasteiger partial charge in [0.25, 0.3) is 11.8 Å². The number of aromatic nitrogens is 3. The molecule has 0 aliphatic heterocycles. The fraction of sp³-hybridized carbons (Fsp3) is 0.200. The van der Waals surface area contributed by atoms with Gasteiger partial charge in [0.05, 0.1) is 30.5 Å². The van der Waals surface area contributed by atoms with Gasteiger partial charge in [0.1, 0.15) is 17.1 Å². The molecule has 0 bridgehead atoms. The minimum absolute atomic E-state index is 0.0331. The number of ketones is 1. The second kappa shape index (κ2) is 13.0. The molecule has 1 aliphatic carbocycles. The maximum Gasteiger partial charge on any atom is 0.335 e. The number of hydrogen-bond acceptors (Lipinski definition) is 7. The lowest BCUT2D eigenvalue weighted by molar-refractivity contribution is 0.0695. The van der Waals surface area contributed by atoms with E-state index < -0.39 is 35.5 Å². The molecule has 0 radical (unpaired) electrons. The number of fused-ring (bicyclic) bond motifs is 2. The summed E-state index contributed by atoms with van der Waals surface area (Å²) < 4.78 is 33.7. The maximum atomic E-state index is 13.9. The first-order chi connectivity index (χ1) is 23.0. The number of benzene rings is 3. The Morgan fingerprint density at radius 2 is 1.79 bits per heavy atom. The van der Waals surface area contributed by atoms with Crippen LogP contribution in [-0.4, -0.2) is 50.4 Å². The Balaban J connectivity index is 1.35. The first-order valence-electron chi connectivity index (χ1n) is 15.0. The third-order valence-corrected chi connectivity index (χ3v) is 8.45. The van der Waals surface area contributed by atoms with E-state index in [1.54, 1.807) is 37.3 Å². The summed E-state index contributed by atoms with van der Waals surface area (Å²) >= 11 is 0. The SMILES string of the molecule is COc1ccccc1CC(=O)c1cnn2c(C(=O)N[C@H]3CCc4c3ccc(C(=O)O)c4C)cc(C(=O)NCc3ccc(F)c(F)c3)nc12. The van der Waals surface area contributed by atoms with E-state index in [1.165, 1.54) is 36.0 Å². The predicted molar refractivity (Wildman–Crippen MR) is 168 cm³/mol. The van der Waals surface area contributed by atoms with E-state index in [1.807, 2.05) is 0 Å². The fourth-order valence-corrected chi connectivity index (χ4v) is 5.97. The van der Waals surface area contributed by atoms with E-state index in [4.69, 9.17) is 4.74 Å². The van der Waals surface area contributed by atoms with Crippen molar-refractivity contribution in [3.63, 3.8) is 0 Å². The first kappa shape index (κ1) is 32.0. The van der Waals surface area contributed by atoms with E-state index in [-0.39, 0.29) is 46.9 Å². The molecule has 1 aliphatic rings. The van der Waals surface area contributed by atoms with E-state index in [9.17, 15) is 33.1 Å². The third kappa shape index (κ3) is 6.09. The number of rotatable bonds is 10. The minimum atomic E-state index is -1.07. The van der Waals surface area contributed by atoms with Crippen molar-refractivity contribution in [1.29, 1.82) is 0 Å². The largest absolute Gasteiger partial charge is 0.496 e. The van der Waals surface area contributed by atoms with E-state index in [0.717, 1.165) is 23.3 Å². The van der Waals surface area contributed by atoms with Crippen LogP contribution in [0.15, 0.2) is 66.9 Å². The quantitative estimate of drug-likeness (QED) is 0.182. The highest BCUT2D eigenvalue weighted by atomic mass is 19.2. The van der Waals surface area contributed by atoms with Gasteiger partial charge in [-0.25, -0.2) is 23.1 Å². The number of aromatic carboxylic acids is 1. The van der Waals surface area contributed by atoms with Gasteiger partial charge in [-0.2, -0.15) is 5.10 Å². The van der Waals surface area contributed by atoms with Crippen LogP contribution in [0, 0.1) is 18.6 Å². The van der Waals surface area contributed by atoms with E-state index >= 15 is 0 Å². The molecule has 2 amide bonds. The van der Waals surface area contributed by atoms with Crippen molar-refractivity contribution in [3.8, 4) is 5.75 Å².